The summed E-state index contributed by atoms with van der Waals surface area (Å²) in [4.78, 5) is 57.8. The molecule has 5 rings (SSSR count). The summed E-state index contributed by atoms with van der Waals surface area (Å²) in [6.45, 7) is 6.33. The van der Waals surface area contributed by atoms with Crippen molar-refractivity contribution in [1.82, 2.24) is 10.3 Å². The first kappa shape index (κ1) is 33.4. The van der Waals surface area contributed by atoms with Crippen molar-refractivity contribution >= 4 is 29.3 Å². The average molecular weight is 639 g/mol. The van der Waals surface area contributed by atoms with E-state index >= 15 is 0 Å². The first-order chi connectivity index (χ1) is 22.5. The van der Waals surface area contributed by atoms with Crippen molar-refractivity contribution in [2.45, 2.75) is 64.9 Å². The van der Waals surface area contributed by atoms with E-state index in [1.54, 1.807) is 24.4 Å². The molecular formula is C36H42N6O5. The van der Waals surface area contributed by atoms with Gasteiger partial charge in [-0.1, -0.05) is 24.3 Å². The molecule has 246 valence electrons. The minimum atomic E-state index is -0.569. The van der Waals surface area contributed by atoms with Crippen LogP contribution in [0.25, 0.3) is 11.1 Å². The SMILES string of the molecule is CC(C)(C)OC(=O)NCC1CCC(C(=O)C[C@@H](Cc2ccc(-c3ccc(=O)[nH]c3)cc2)C(=O)Nc2ccc(C3=NCN=N3)cc2)CC1. The number of alkyl carbamates (subject to hydrolysis) is 1. The number of pyridine rings is 1. The van der Waals surface area contributed by atoms with Crippen LogP contribution in [0.15, 0.2) is 86.9 Å². The smallest absolute Gasteiger partial charge is 0.407 e. The molecule has 2 aliphatic rings. The summed E-state index contributed by atoms with van der Waals surface area (Å²) < 4.78 is 5.34. The number of aromatic nitrogens is 1. The lowest BCUT2D eigenvalue weighted by atomic mass is 9.77. The molecule has 1 fully saturated rings. The Bertz CT molecular complexity index is 1660. The molecule has 2 heterocycles. The standard InChI is InChI=1S/C36H42N6O5/c1-36(2,3)47-35(46)38-20-24-6-10-26(11-7-24)31(43)19-29(18-23-4-8-25(9-5-23)28-14-17-32(44)37-21-28)34(45)41-30-15-12-27(13-16-30)33-39-22-40-42-33/h4-5,8-9,12-17,21,24,26,29H,6-7,10-11,18-20,22H2,1-3H3,(H,37,44)(H,38,46)(H,41,45)/t24?,26?,29-/m1/s1. The summed E-state index contributed by atoms with van der Waals surface area (Å²) in [6, 6.07) is 18.3. The van der Waals surface area contributed by atoms with Gasteiger partial charge in [0, 0.05) is 48.3 Å². The van der Waals surface area contributed by atoms with Crippen molar-refractivity contribution in [2.75, 3.05) is 18.5 Å². The van der Waals surface area contributed by atoms with Gasteiger partial charge in [0.15, 0.2) is 12.5 Å². The highest BCUT2D eigenvalue weighted by atomic mass is 16.6. The molecule has 1 saturated carbocycles. The van der Waals surface area contributed by atoms with Crippen LogP contribution in [-0.4, -0.2) is 47.4 Å². The van der Waals surface area contributed by atoms with Gasteiger partial charge in [0.05, 0.1) is 0 Å². The number of hydrogen-bond acceptors (Lipinski definition) is 8. The molecule has 0 bridgehead atoms. The Morgan fingerprint density at radius 1 is 0.915 bits per heavy atom. The Morgan fingerprint density at radius 3 is 2.21 bits per heavy atom. The highest BCUT2D eigenvalue weighted by molar-refractivity contribution is 6.01. The van der Waals surface area contributed by atoms with E-state index in [-0.39, 0.29) is 35.5 Å². The Morgan fingerprint density at radius 2 is 1.60 bits per heavy atom. The van der Waals surface area contributed by atoms with Gasteiger partial charge < -0.3 is 20.4 Å². The lowest BCUT2D eigenvalue weighted by Crippen LogP contribution is -2.37. The molecule has 1 aliphatic heterocycles. The fourth-order valence-electron chi connectivity index (χ4n) is 5.93. The topological polar surface area (TPSA) is 154 Å². The van der Waals surface area contributed by atoms with Crippen molar-refractivity contribution in [1.29, 1.82) is 0 Å². The quantitative estimate of drug-likeness (QED) is 0.225. The van der Waals surface area contributed by atoms with E-state index in [0.29, 0.717) is 31.2 Å². The van der Waals surface area contributed by atoms with Crippen LogP contribution in [0.3, 0.4) is 0 Å². The number of hydrogen-bond donors (Lipinski definition) is 3. The second-order valence-corrected chi connectivity index (χ2v) is 13.2. The largest absolute Gasteiger partial charge is 0.444 e. The van der Waals surface area contributed by atoms with Gasteiger partial charge >= 0.3 is 6.09 Å². The summed E-state index contributed by atoms with van der Waals surface area (Å²) >= 11 is 0. The van der Waals surface area contributed by atoms with Crippen LogP contribution in [0.5, 0.6) is 0 Å². The maximum Gasteiger partial charge on any atom is 0.407 e. The zero-order valence-corrected chi connectivity index (χ0v) is 27.1. The molecule has 3 aromatic rings. The number of anilines is 1. The van der Waals surface area contributed by atoms with E-state index in [1.807, 2.05) is 57.2 Å². The van der Waals surface area contributed by atoms with E-state index in [2.05, 4.69) is 30.8 Å². The number of benzene rings is 2. The number of carbonyl (C=O) groups excluding carboxylic acids is 3. The number of ketones is 1. The van der Waals surface area contributed by atoms with Crippen molar-refractivity contribution in [2.24, 2.45) is 33.0 Å². The molecule has 1 atom stereocenters. The summed E-state index contributed by atoms with van der Waals surface area (Å²) in [6.07, 6.45) is 4.88. The first-order valence-corrected chi connectivity index (χ1v) is 16.1. The number of nitrogens with one attached hydrogen (secondary N) is 3. The van der Waals surface area contributed by atoms with Crippen molar-refractivity contribution in [3.63, 3.8) is 0 Å². The van der Waals surface area contributed by atoms with Crippen molar-refractivity contribution in [3.05, 3.63) is 88.3 Å². The number of Topliss-reactive ketones (excluding diaryl/α,β-unsaturated/α-hetero) is 1. The number of azo groups is 1. The molecule has 11 heteroatoms. The van der Waals surface area contributed by atoms with Gasteiger partial charge in [0.2, 0.25) is 11.5 Å². The van der Waals surface area contributed by atoms with Crippen LogP contribution in [0.1, 0.15) is 64.0 Å². The minimum absolute atomic E-state index is 0.0912. The van der Waals surface area contributed by atoms with Gasteiger partial charge in [-0.2, -0.15) is 5.11 Å². The molecule has 47 heavy (non-hydrogen) atoms. The average Bonchev–Trinajstić information content (AvgIpc) is 3.59. The molecule has 1 aliphatic carbocycles. The fraction of sp³-hybridized carbons (Fsp3) is 0.417. The third-order valence-electron chi connectivity index (χ3n) is 8.47. The number of amides is 2. The molecule has 1 aromatic heterocycles. The number of nitrogens with zero attached hydrogens (tertiary/aromatic N) is 3. The predicted octanol–water partition coefficient (Wildman–Crippen LogP) is 6.30. The van der Waals surface area contributed by atoms with Crippen LogP contribution in [-0.2, 0) is 20.7 Å². The number of H-pyrrole nitrogens is 1. The van der Waals surface area contributed by atoms with Crippen molar-refractivity contribution < 1.29 is 19.1 Å². The van der Waals surface area contributed by atoms with Gasteiger partial charge in [-0.25, -0.2) is 9.79 Å². The molecule has 0 radical (unpaired) electrons. The molecule has 11 nitrogen and oxygen atoms in total. The highest BCUT2D eigenvalue weighted by Gasteiger charge is 2.31. The summed E-state index contributed by atoms with van der Waals surface area (Å²) in [5.74, 6) is 0.0303. The van der Waals surface area contributed by atoms with E-state index in [0.717, 1.165) is 47.9 Å². The van der Waals surface area contributed by atoms with Crippen molar-refractivity contribution in [3.8, 4) is 11.1 Å². The van der Waals surface area contributed by atoms with Crippen LogP contribution in [0, 0.1) is 17.8 Å². The third-order valence-corrected chi connectivity index (χ3v) is 8.47. The highest BCUT2D eigenvalue weighted by Crippen LogP contribution is 2.31. The summed E-state index contributed by atoms with van der Waals surface area (Å²) in [5, 5.41) is 13.8. The molecule has 3 N–H and O–H groups in total. The van der Waals surface area contributed by atoms with Gasteiger partial charge in [-0.05, 0) is 106 Å². The summed E-state index contributed by atoms with van der Waals surface area (Å²) in [7, 11) is 0. The van der Waals surface area contributed by atoms with Crippen LogP contribution in [0.4, 0.5) is 10.5 Å². The lowest BCUT2D eigenvalue weighted by molar-refractivity contribution is -0.129. The Hall–Kier alpha value is -4.93. The lowest BCUT2D eigenvalue weighted by Gasteiger charge is -2.29. The van der Waals surface area contributed by atoms with E-state index in [4.69, 9.17) is 4.74 Å². The van der Waals surface area contributed by atoms with Crippen LogP contribution < -0.4 is 16.2 Å². The molecular weight excluding hydrogens is 596 g/mol. The van der Waals surface area contributed by atoms with E-state index < -0.39 is 17.6 Å². The Balaban J connectivity index is 1.22. The molecule has 2 amide bonds. The van der Waals surface area contributed by atoms with E-state index in [9.17, 15) is 19.2 Å². The van der Waals surface area contributed by atoms with E-state index in [1.165, 1.54) is 6.07 Å². The number of ether oxygens (including phenoxy) is 1. The number of aliphatic imine (C=N–C) groups is 1. The van der Waals surface area contributed by atoms with Crippen LogP contribution >= 0.6 is 0 Å². The zero-order chi connectivity index (χ0) is 33.4. The fourth-order valence-corrected chi connectivity index (χ4v) is 5.93. The maximum absolute atomic E-state index is 13.7. The first-order valence-electron chi connectivity index (χ1n) is 16.1. The molecule has 0 unspecified atom stereocenters. The molecule has 0 spiro atoms. The Labute approximate surface area is 274 Å². The third kappa shape index (κ3) is 9.78. The van der Waals surface area contributed by atoms with Gasteiger partial charge in [0.25, 0.3) is 0 Å². The number of rotatable bonds is 11. The molecule has 0 saturated heterocycles. The summed E-state index contributed by atoms with van der Waals surface area (Å²) in [5.41, 5.74) is 3.47. The van der Waals surface area contributed by atoms with Gasteiger partial charge in [-0.15, -0.1) is 5.11 Å². The number of carbonyl (C=O) groups is 3. The molecule has 2 aromatic carbocycles. The minimum Gasteiger partial charge on any atom is -0.444 e. The zero-order valence-electron chi connectivity index (χ0n) is 27.1. The Kier molecular flexibility index (Phi) is 10.7. The normalized spacial score (nSPS) is 18.2. The second-order valence-electron chi connectivity index (χ2n) is 13.2. The van der Waals surface area contributed by atoms with Gasteiger partial charge in [0.1, 0.15) is 11.4 Å². The number of aromatic amines is 1. The second kappa shape index (κ2) is 15.1. The van der Waals surface area contributed by atoms with Gasteiger partial charge in [-0.3, -0.25) is 14.4 Å². The number of amidine groups is 1. The predicted molar refractivity (Wildman–Crippen MR) is 180 cm³/mol. The monoisotopic (exact) mass is 638 g/mol. The maximum atomic E-state index is 13.7. The van der Waals surface area contributed by atoms with Crippen LogP contribution in [0.2, 0.25) is 0 Å².